The molecule has 0 saturated carbocycles. The van der Waals surface area contributed by atoms with Crippen molar-refractivity contribution in [2.24, 2.45) is 0 Å². The van der Waals surface area contributed by atoms with E-state index < -0.39 is 5.54 Å². The lowest BCUT2D eigenvalue weighted by atomic mass is 9.84. The third kappa shape index (κ3) is 3.58. The fourth-order valence-corrected chi connectivity index (χ4v) is 4.64. The highest BCUT2D eigenvalue weighted by molar-refractivity contribution is 6.07. The van der Waals surface area contributed by atoms with E-state index in [1.807, 2.05) is 72.5 Å². The maximum absolute atomic E-state index is 13.2. The zero-order valence-electron chi connectivity index (χ0n) is 17.2. The van der Waals surface area contributed by atoms with Crippen LogP contribution in [-0.4, -0.2) is 46.3 Å². The summed E-state index contributed by atoms with van der Waals surface area (Å²) in [6, 6.07) is 19.2. The van der Waals surface area contributed by atoms with Crippen LogP contribution in [0.25, 0.3) is 0 Å². The molecule has 4 amide bonds. The highest BCUT2D eigenvalue weighted by Gasteiger charge is 2.54. The lowest BCUT2D eigenvalue weighted by Crippen LogP contribution is -2.57. The first kappa shape index (κ1) is 20.1. The maximum Gasteiger partial charge on any atom is 0.325 e. The molecule has 30 heavy (non-hydrogen) atoms. The largest absolute Gasteiger partial charge is 0.342 e. The summed E-state index contributed by atoms with van der Waals surface area (Å²) in [7, 11) is 0. The Morgan fingerprint density at radius 3 is 2.20 bits per heavy atom. The van der Waals surface area contributed by atoms with Crippen molar-refractivity contribution in [3.05, 3.63) is 71.8 Å². The Kier molecular flexibility index (Phi) is 5.57. The number of likely N-dealkylation sites (tertiary alicyclic amines) is 1. The lowest BCUT2D eigenvalue weighted by molar-refractivity contribution is -0.139. The molecule has 0 aromatic heterocycles. The predicted octanol–water partition coefficient (Wildman–Crippen LogP) is 3.29. The summed E-state index contributed by atoms with van der Waals surface area (Å²) in [6.07, 6.45) is 1.63. The maximum atomic E-state index is 13.2. The summed E-state index contributed by atoms with van der Waals surface area (Å²) in [5.41, 5.74) is 1.12. The Labute approximate surface area is 176 Å². The van der Waals surface area contributed by atoms with Crippen molar-refractivity contribution in [1.29, 1.82) is 0 Å². The van der Waals surface area contributed by atoms with Crippen molar-refractivity contribution < 1.29 is 14.4 Å². The Morgan fingerprint density at radius 1 is 1.00 bits per heavy atom. The minimum atomic E-state index is -0.877. The number of rotatable bonds is 5. The van der Waals surface area contributed by atoms with Crippen LogP contribution in [0.15, 0.2) is 60.7 Å². The fourth-order valence-electron chi connectivity index (χ4n) is 4.64. The molecule has 1 N–H and O–H groups in total. The molecule has 0 aliphatic carbocycles. The van der Waals surface area contributed by atoms with Crippen molar-refractivity contribution in [2.75, 3.05) is 13.1 Å². The van der Waals surface area contributed by atoms with Gasteiger partial charge < -0.3 is 9.80 Å². The van der Waals surface area contributed by atoms with Gasteiger partial charge in [0.2, 0.25) is 5.91 Å². The highest BCUT2D eigenvalue weighted by atomic mass is 16.2. The summed E-state index contributed by atoms with van der Waals surface area (Å²) in [5, 5.41) is 2.50. The molecule has 0 radical (unpaired) electrons. The van der Waals surface area contributed by atoms with Crippen molar-refractivity contribution in [2.45, 2.75) is 44.2 Å². The third-order valence-electron chi connectivity index (χ3n) is 6.40. The van der Waals surface area contributed by atoms with Crippen molar-refractivity contribution in [1.82, 2.24) is 15.1 Å². The molecule has 1 atom stereocenters. The first-order valence-electron chi connectivity index (χ1n) is 10.6. The minimum absolute atomic E-state index is 0.0953. The third-order valence-corrected chi connectivity index (χ3v) is 6.40. The molecule has 1 unspecified atom stereocenters. The van der Waals surface area contributed by atoms with E-state index in [4.69, 9.17) is 0 Å². The van der Waals surface area contributed by atoms with Gasteiger partial charge >= 0.3 is 6.03 Å². The average molecular weight is 405 g/mol. The van der Waals surface area contributed by atoms with Crippen LogP contribution >= 0.6 is 0 Å². The Hall–Kier alpha value is -3.15. The molecular formula is C24H27N3O3. The van der Waals surface area contributed by atoms with Crippen LogP contribution < -0.4 is 5.32 Å². The summed E-state index contributed by atoms with van der Waals surface area (Å²) < 4.78 is 0. The smallest absolute Gasteiger partial charge is 0.325 e. The number of hydrogen-bond acceptors (Lipinski definition) is 3. The van der Waals surface area contributed by atoms with Gasteiger partial charge in [0, 0.05) is 19.6 Å². The molecule has 0 bridgehead atoms. The van der Waals surface area contributed by atoms with Crippen LogP contribution in [0.4, 0.5) is 4.79 Å². The second-order valence-corrected chi connectivity index (χ2v) is 8.06. The van der Waals surface area contributed by atoms with Gasteiger partial charge in [-0.3, -0.25) is 14.9 Å². The van der Waals surface area contributed by atoms with E-state index in [2.05, 4.69) is 5.32 Å². The van der Waals surface area contributed by atoms with Gasteiger partial charge in [-0.05, 0) is 30.4 Å². The average Bonchev–Trinajstić information content (AvgIpc) is 3.00. The number of imide groups is 1. The number of nitrogens with one attached hydrogen (secondary N) is 1. The predicted molar refractivity (Wildman–Crippen MR) is 114 cm³/mol. The molecule has 2 aliphatic heterocycles. The van der Waals surface area contributed by atoms with Gasteiger partial charge in [-0.2, -0.15) is 0 Å². The molecule has 156 valence electrons. The fraction of sp³-hybridized carbons (Fsp3) is 0.375. The summed E-state index contributed by atoms with van der Waals surface area (Å²) in [5.74, 6) is -0.330. The number of carbonyl (C=O) groups is 3. The number of nitrogens with zero attached hydrogens (tertiary/aromatic N) is 2. The molecule has 6 nitrogen and oxygen atoms in total. The topological polar surface area (TPSA) is 69.7 Å². The van der Waals surface area contributed by atoms with E-state index in [1.165, 1.54) is 0 Å². The van der Waals surface area contributed by atoms with E-state index in [0.29, 0.717) is 32.5 Å². The molecule has 2 fully saturated rings. The van der Waals surface area contributed by atoms with Gasteiger partial charge in [-0.1, -0.05) is 67.6 Å². The lowest BCUT2D eigenvalue weighted by Gasteiger charge is -2.43. The second-order valence-electron chi connectivity index (χ2n) is 8.06. The summed E-state index contributed by atoms with van der Waals surface area (Å²) in [6.45, 7) is 3.34. The Balaban J connectivity index is 1.49. The van der Waals surface area contributed by atoms with Gasteiger partial charge in [0.05, 0.1) is 5.92 Å². The standard InChI is InChI=1S/C24H27N3O3/c1-2-20(19-11-7-4-8-12-19)21(28)26-15-13-24(14-16-26)22(29)25-23(30)27(24)17-18-9-5-3-6-10-18/h3-12,20H,2,13-17H2,1H3,(H,25,29,30). The van der Waals surface area contributed by atoms with E-state index in [1.54, 1.807) is 4.90 Å². The number of piperidine rings is 1. The summed E-state index contributed by atoms with van der Waals surface area (Å²) in [4.78, 5) is 42.0. The van der Waals surface area contributed by atoms with Crippen molar-refractivity contribution in [3.8, 4) is 0 Å². The number of amides is 4. The van der Waals surface area contributed by atoms with Crippen LogP contribution in [0.3, 0.4) is 0 Å². The van der Waals surface area contributed by atoms with Crippen LogP contribution in [0, 0.1) is 0 Å². The number of benzene rings is 2. The van der Waals surface area contributed by atoms with Gasteiger partial charge in [-0.25, -0.2) is 4.79 Å². The molecular weight excluding hydrogens is 378 g/mol. The second kappa shape index (κ2) is 8.30. The molecule has 6 heteroatoms. The molecule has 4 rings (SSSR count). The molecule has 2 saturated heterocycles. The zero-order chi connectivity index (χ0) is 21.1. The highest BCUT2D eigenvalue weighted by Crippen LogP contribution is 2.35. The normalized spacial score (nSPS) is 19.1. The van der Waals surface area contributed by atoms with Gasteiger partial charge in [0.1, 0.15) is 5.54 Å². The van der Waals surface area contributed by atoms with Crippen LogP contribution in [-0.2, 0) is 16.1 Å². The monoisotopic (exact) mass is 405 g/mol. The van der Waals surface area contributed by atoms with Crippen LogP contribution in [0.2, 0.25) is 0 Å². The molecule has 1 spiro atoms. The Morgan fingerprint density at radius 2 is 1.60 bits per heavy atom. The van der Waals surface area contributed by atoms with Crippen molar-refractivity contribution in [3.63, 3.8) is 0 Å². The van der Waals surface area contributed by atoms with Gasteiger partial charge in [-0.15, -0.1) is 0 Å². The molecule has 2 aromatic carbocycles. The summed E-state index contributed by atoms with van der Waals surface area (Å²) >= 11 is 0. The quantitative estimate of drug-likeness (QED) is 0.776. The van der Waals surface area contributed by atoms with Gasteiger partial charge in [0.15, 0.2) is 0 Å². The van der Waals surface area contributed by atoms with Crippen LogP contribution in [0.5, 0.6) is 0 Å². The SMILES string of the molecule is CCC(C(=O)N1CCC2(CC1)C(=O)NC(=O)N2Cc1ccccc1)c1ccccc1. The Bertz CT molecular complexity index is 921. The number of urea groups is 1. The zero-order valence-corrected chi connectivity index (χ0v) is 17.2. The first-order chi connectivity index (χ1) is 14.5. The molecule has 2 aromatic rings. The van der Waals surface area contributed by atoms with Crippen LogP contribution in [0.1, 0.15) is 43.2 Å². The number of carbonyl (C=O) groups excluding carboxylic acids is 3. The van der Waals surface area contributed by atoms with E-state index in [9.17, 15) is 14.4 Å². The minimum Gasteiger partial charge on any atom is -0.342 e. The van der Waals surface area contributed by atoms with E-state index >= 15 is 0 Å². The number of hydrogen-bond donors (Lipinski definition) is 1. The van der Waals surface area contributed by atoms with E-state index in [0.717, 1.165) is 17.5 Å². The van der Waals surface area contributed by atoms with E-state index in [-0.39, 0.29) is 23.8 Å². The molecule has 2 heterocycles. The van der Waals surface area contributed by atoms with Crippen molar-refractivity contribution >= 4 is 17.8 Å². The van der Waals surface area contributed by atoms with Gasteiger partial charge in [0.25, 0.3) is 5.91 Å². The molecule has 2 aliphatic rings. The first-order valence-corrected chi connectivity index (χ1v) is 10.6.